The second-order valence-electron chi connectivity index (χ2n) is 5.76. The fraction of sp³-hybridized carbons (Fsp3) is 0.625. The maximum absolute atomic E-state index is 13.2. The first kappa shape index (κ1) is 14.3. The number of aliphatic hydroxyl groups excluding tert-OH is 1. The summed E-state index contributed by atoms with van der Waals surface area (Å²) < 4.78 is 19.4. The Morgan fingerprint density at radius 1 is 1.47 bits per heavy atom. The second kappa shape index (κ2) is 5.49. The summed E-state index contributed by atoms with van der Waals surface area (Å²) in [6.07, 6.45) is 2.78. The molecule has 0 saturated heterocycles. The van der Waals surface area contributed by atoms with Crippen LogP contribution in [0.4, 0.5) is 4.39 Å². The van der Waals surface area contributed by atoms with Crippen LogP contribution >= 0.6 is 0 Å². The highest BCUT2D eigenvalue weighted by molar-refractivity contribution is 5.38. The summed E-state index contributed by atoms with van der Waals surface area (Å²) in [6.45, 7) is 6.45. The van der Waals surface area contributed by atoms with Crippen molar-refractivity contribution >= 4 is 0 Å². The molecule has 1 aromatic carbocycles. The molecule has 19 heavy (non-hydrogen) atoms. The molecular formula is C16H23FO2. The first-order valence-corrected chi connectivity index (χ1v) is 7.16. The van der Waals surface area contributed by atoms with Crippen LogP contribution in [-0.2, 0) is 0 Å². The molecule has 0 bridgehead atoms. The zero-order valence-electron chi connectivity index (χ0n) is 11.9. The fourth-order valence-electron chi connectivity index (χ4n) is 2.88. The lowest BCUT2D eigenvalue weighted by molar-refractivity contribution is -0.0320. The summed E-state index contributed by atoms with van der Waals surface area (Å²) in [5.74, 6) is 0.853. The molecule has 0 aromatic heterocycles. The molecular weight excluding hydrogens is 243 g/mol. The van der Waals surface area contributed by atoms with Gasteiger partial charge in [0.15, 0.2) is 0 Å². The van der Waals surface area contributed by atoms with Crippen molar-refractivity contribution in [2.45, 2.75) is 58.2 Å². The van der Waals surface area contributed by atoms with Crippen LogP contribution in [0.2, 0.25) is 0 Å². The van der Waals surface area contributed by atoms with E-state index in [9.17, 15) is 9.50 Å². The van der Waals surface area contributed by atoms with Crippen LogP contribution in [0.25, 0.3) is 0 Å². The van der Waals surface area contributed by atoms with Gasteiger partial charge in [-0.3, -0.25) is 0 Å². The minimum atomic E-state index is -0.636. The van der Waals surface area contributed by atoms with Crippen LogP contribution in [0, 0.1) is 11.7 Å². The van der Waals surface area contributed by atoms with Gasteiger partial charge in [0.1, 0.15) is 17.2 Å². The van der Waals surface area contributed by atoms with E-state index < -0.39 is 6.10 Å². The van der Waals surface area contributed by atoms with Gasteiger partial charge in [-0.2, -0.15) is 0 Å². The lowest BCUT2D eigenvalue weighted by atomic mass is 9.80. The third-order valence-electron chi connectivity index (χ3n) is 4.28. The predicted octanol–water partition coefficient (Wildman–Crippen LogP) is 4.23. The van der Waals surface area contributed by atoms with E-state index in [1.54, 1.807) is 6.07 Å². The van der Waals surface area contributed by atoms with Gasteiger partial charge >= 0.3 is 0 Å². The molecule has 0 spiro atoms. The van der Waals surface area contributed by atoms with Gasteiger partial charge in [0.05, 0.1) is 6.10 Å². The first-order chi connectivity index (χ1) is 8.99. The van der Waals surface area contributed by atoms with Gasteiger partial charge < -0.3 is 9.84 Å². The molecule has 1 aliphatic rings. The Bertz CT molecular complexity index is 446. The molecule has 0 amide bonds. The highest BCUT2D eigenvalue weighted by atomic mass is 19.1. The molecule has 2 unspecified atom stereocenters. The van der Waals surface area contributed by atoms with Crippen LogP contribution in [0.1, 0.15) is 58.1 Å². The van der Waals surface area contributed by atoms with E-state index in [-0.39, 0.29) is 11.4 Å². The summed E-state index contributed by atoms with van der Waals surface area (Å²) in [5, 5.41) is 10.3. The molecule has 106 valence electrons. The number of rotatable bonds is 4. The van der Waals surface area contributed by atoms with Gasteiger partial charge in [0, 0.05) is 12.0 Å². The molecule has 1 N–H and O–H groups in total. The maximum Gasteiger partial charge on any atom is 0.126 e. The Labute approximate surface area is 114 Å². The molecule has 3 atom stereocenters. The van der Waals surface area contributed by atoms with Gasteiger partial charge in [-0.1, -0.05) is 27.2 Å². The first-order valence-electron chi connectivity index (χ1n) is 7.16. The largest absolute Gasteiger partial charge is 0.487 e. The minimum Gasteiger partial charge on any atom is -0.487 e. The van der Waals surface area contributed by atoms with Crippen LogP contribution in [0.5, 0.6) is 5.75 Å². The number of hydrogen-bond donors (Lipinski definition) is 1. The van der Waals surface area contributed by atoms with Crippen LogP contribution in [-0.4, -0.2) is 10.7 Å². The van der Waals surface area contributed by atoms with E-state index >= 15 is 0 Å². The van der Waals surface area contributed by atoms with E-state index in [1.807, 2.05) is 0 Å². The van der Waals surface area contributed by atoms with Crippen molar-refractivity contribution in [1.82, 2.24) is 0 Å². The van der Waals surface area contributed by atoms with Crippen molar-refractivity contribution in [1.29, 1.82) is 0 Å². The molecule has 1 heterocycles. The SMILES string of the molecule is CCC(C)CC1(CC)C[C@@H](O)c2cc(F)ccc2O1. The van der Waals surface area contributed by atoms with Crippen molar-refractivity contribution in [2.24, 2.45) is 5.92 Å². The highest BCUT2D eigenvalue weighted by Gasteiger charge is 2.40. The van der Waals surface area contributed by atoms with E-state index in [0.717, 1.165) is 19.3 Å². The number of halogens is 1. The third kappa shape index (κ3) is 2.92. The zero-order chi connectivity index (χ0) is 14.0. The van der Waals surface area contributed by atoms with Gasteiger partial charge in [0.2, 0.25) is 0 Å². The van der Waals surface area contributed by atoms with Crippen LogP contribution in [0.3, 0.4) is 0 Å². The number of aliphatic hydroxyl groups is 1. The summed E-state index contributed by atoms with van der Waals surface area (Å²) in [5.41, 5.74) is 0.257. The van der Waals surface area contributed by atoms with E-state index in [4.69, 9.17) is 4.74 Å². The Hall–Kier alpha value is -1.09. The molecule has 1 aliphatic heterocycles. The van der Waals surface area contributed by atoms with Gasteiger partial charge in [-0.15, -0.1) is 0 Å². The fourth-order valence-corrected chi connectivity index (χ4v) is 2.88. The normalized spacial score (nSPS) is 27.5. The lowest BCUT2D eigenvalue weighted by Gasteiger charge is -2.41. The molecule has 0 saturated carbocycles. The van der Waals surface area contributed by atoms with Crippen molar-refractivity contribution in [3.05, 3.63) is 29.6 Å². The van der Waals surface area contributed by atoms with Crippen molar-refractivity contribution in [2.75, 3.05) is 0 Å². The highest BCUT2D eigenvalue weighted by Crippen LogP contribution is 2.44. The average Bonchev–Trinajstić information content (AvgIpc) is 2.39. The van der Waals surface area contributed by atoms with Crippen LogP contribution in [0.15, 0.2) is 18.2 Å². The standard InChI is InChI=1S/C16H23FO2/c1-4-11(3)9-16(5-2)10-14(18)13-8-12(17)6-7-15(13)19-16/h6-8,11,14,18H,4-5,9-10H2,1-3H3/t11?,14-,16?/m1/s1. The van der Waals surface area contributed by atoms with Gasteiger partial charge in [-0.05, 0) is 37.0 Å². The topological polar surface area (TPSA) is 29.5 Å². The van der Waals surface area contributed by atoms with E-state index in [0.29, 0.717) is 23.7 Å². The maximum atomic E-state index is 13.2. The smallest absolute Gasteiger partial charge is 0.126 e. The Morgan fingerprint density at radius 3 is 2.84 bits per heavy atom. The van der Waals surface area contributed by atoms with Crippen molar-refractivity contribution in [3.63, 3.8) is 0 Å². The minimum absolute atomic E-state index is 0.320. The molecule has 1 aromatic rings. The number of benzene rings is 1. The summed E-state index contributed by atoms with van der Waals surface area (Å²) in [7, 11) is 0. The summed E-state index contributed by atoms with van der Waals surface area (Å²) in [6, 6.07) is 4.40. The average molecular weight is 266 g/mol. The number of hydrogen-bond acceptors (Lipinski definition) is 2. The predicted molar refractivity (Wildman–Crippen MR) is 73.7 cm³/mol. The molecule has 3 heteroatoms. The molecule has 2 rings (SSSR count). The zero-order valence-corrected chi connectivity index (χ0v) is 11.9. The monoisotopic (exact) mass is 266 g/mol. The lowest BCUT2D eigenvalue weighted by Crippen LogP contribution is -2.42. The van der Waals surface area contributed by atoms with Crippen molar-refractivity contribution in [3.8, 4) is 5.75 Å². The van der Waals surface area contributed by atoms with E-state index in [2.05, 4.69) is 20.8 Å². The third-order valence-corrected chi connectivity index (χ3v) is 4.28. The number of fused-ring (bicyclic) bond motifs is 1. The van der Waals surface area contributed by atoms with Gasteiger partial charge in [0.25, 0.3) is 0 Å². The Kier molecular flexibility index (Phi) is 4.14. The van der Waals surface area contributed by atoms with Gasteiger partial charge in [-0.25, -0.2) is 4.39 Å². The Morgan fingerprint density at radius 2 is 2.21 bits per heavy atom. The number of ether oxygens (including phenoxy) is 1. The van der Waals surface area contributed by atoms with E-state index in [1.165, 1.54) is 12.1 Å². The van der Waals surface area contributed by atoms with Crippen LogP contribution < -0.4 is 4.74 Å². The molecule has 2 nitrogen and oxygen atoms in total. The quantitative estimate of drug-likeness (QED) is 0.883. The molecule has 0 radical (unpaired) electrons. The van der Waals surface area contributed by atoms with Crippen molar-refractivity contribution < 1.29 is 14.2 Å². The Balaban J connectivity index is 2.29. The molecule has 0 aliphatic carbocycles. The summed E-state index contributed by atoms with van der Waals surface area (Å²) in [4.78, 5) is 0. The molecule has 0 fully saturated rings. The second-order valence-corrected chi connectivity index (χ2v) is 5.76. The summed E-state index contributed by atoms with van der Waals surface area (Å²) >= 11 is 0.